The maximum absolute atomic E-state index is 14.2. The van der Waals surface area contributed by atoms with Gasteiger partial charge in [-0.25, -0.2) is 9.18 Å². The number of piperazine rings is 1. The molecule has 0 aliphatic carbocycles. The van der Waals surface area contributed by atoms with Crippen LogP contribution in [0.15, 0.2) is 48.7 Å². The van der Waals surface area contributed by atoms with Crippen molar-refractivity contribution in [3.05, 3.63) is 64.9 Å². The van der Waals surface area contributed by atoms with Gasteiger partial charge < -0.3 is 19.4 Å². The average Bonchev–Trinajstić information content (AvgIpc) is 3.47. The number of piperidine rings is 1. The summed E-state index contributed by atoms with van der Waals surface area (Å²) in [6.07, 6.45) is -2.80. The molecule has 242 valence electrons. The number of halogens is 5. The number of rotatable bonds is 7. The smallest absolute Gasteiger partial charge is 0.433 e. The van der Waals surface area contributed by atoms with E-state index in [-0.39, 0.29) is 13.2 Å². The number of alkyl halides is 4. The van der Waals surface area contributed by atoms with Gasteiger partial charge in [-0.05, 0) is 63.4 Å². The van der Waals surface area contributed by atoms with Crippen molar-refractivity contribution >= 4 is 34.9 Å². The standard InChI is InChI=1S/C32H36ClF4N5O3/c1-4-45-29(43)26-19-38-42(28(26)32(35,36)37)24-6-5-13-41(20-24)27-18-22(33)9-12-25(27)21-7-10-23(11-8-21)39-14-16-40(17-15-39)30(44)31(2,3)34/h7-12,18-19,24H,4-6,13-17,20H2,1-3H3. The molecule has 1 amide bonds. The van der Waals surface area contributed by atoms with Crippen LogP contribution >= 0.6 is 11.6 Å². The quantitative estimate of drug-likeness (QED) is 0.211. The first kappa shape index (κ1) is 32.6. The zero-order chi connectivity index (χ0) is 32.5. The number of aromatic nitrogens is 2. The second-order valence-corrected chi connectivity index (χ2v) is 12.2. The van der Waals surface area contributed by atoms with Gasteiger partial charge in [-0.1, -0.05) is 29.8 Å². The molecule has 2 aromatic carbocycles. The topological polar surface area (TPSA) is 70.9 Å². The fourth-order valence-corrected chi connectivity index (χ4v) is 6.23. The molecule has 45 heavy (non-hydrogen) atoms. The molecule has 0 radical (unpaired) electrons. The second kappa shape index (κ2) is 12.9. The molecule has 3 heterocycles. The minimum atomic E-state index is -4.80. The molecule has 0 bridgehead atoms. The van der Waals surface area contributed by atoms with E-state index in [9.17, 15) is 27.2 Å². The van der Waals surface area contributed by atoms with Crippen molar-refractivity contribution in [3.63, 3.8) is 0 Å². The lowest BCUT2D eigenvalue weighted by Crippen LogP contribution is -2.53. The predicted octanol–water partition coefficient (Wildman–Crippen LogP) is 6.64. The van der Waals surface area contributed by atoms with E-state index >= 15 is 0 Å². The molecule has 1 aromatic heterocycles. The van der Waals surface area contributed by atoms with E-state index in [1.165, 1.54) is 20.8 Å². The fraction of sp³-hybridized carbons (Fsp3) is 0.469. The maximum atomic E-state index is 14.2. The summed E-state index contributed by atoms with van der Waals surface area (Å²) in [5.41, 5.74) is -0.0744. The fourth-order valence-electron chi connectivity index (χ4n) is 6.06. The molecule has 2 aliphatic rings. The maximum Gasteiger partial charge on any atom is 0.433 e. The Labute approximate surface area is 264 Å². The van der Waals surface area contributed by atoms with Gasteiger partial charge in [0.25, 0.3) is 5.91 Å². The van der Waals surface area contributed by atoms with Gasteiger partial charge in [0.2, 0.25) is 0 Å². The Kier molecular flexibility index (Phi) is 9.34. The molecule has 2 saturated heterocycles. The molecule has 13 heteroatoms. The third-order valence-corrected chi connectivity index (χ3v) is 8.46. The Morgan fingerprint density at radius 3 is 2.29 bits per heavy atom. The summed E-state index contributed by atoms with van der Waals surface area (Å²) in [5, 5.41) is 4.51. The molecule has 3 aromatic rings. The number of carbonyl (C=O) groups is 2. The van der Waals surface area contributed by atoms with Crippen molar-refractivity contribution in [3.8, 4) is 11.1 Å². The van der Waals surface area contributed by atoms with Crippen LogP contribution in [0.1, 0.15) is 55.7 Å². The van der Waals surface area contributed by atoms with Crippen LogP contribution in [-0.2, 0) is 15.7 Å². The SMILES string of the molecule is CCOC(=O)c1cnn(C2CCCN(c3cc(Cl)ccc3-c3ccc(N4CCN(C(=O)C(C)(C)F)CC4)cc3)C2)c1C(F)(F)F. The molecule has 2 fully saturated rings. The lowest BCUT2D eigenvalue weighted by atomic mass is 9.99. The van der Waals surface area contributed by atoms with Crippen molar-refractivity contribution in [2.75, 3.05) is 55.7 Å². The first-order valence-electron chi connectivity index (χ1n) is 15.0. The van der Waals surface area contributed by atoms with E-state index in [0.717, 1.165) is 33.4 Å². The highest BCUT2D eigenvalue weighted by atomic mass is 35.5. The van der Waals surface area contributed by atoms with Crippen molar-refractivity contribution in [2.24, 2.45) is 0 Å². The van der Waals surface area contributed by atoms with Gasteiger partial charge in [0.05, 0.1) is 18.8 Å². The second-order valence-electron chi connectivity index (χ2n) is 11.8. The van der Waals surface area contributed by atoms with Gasteiger partial charge in [-0.3, -0.25) is 9.48 Å². The van der Waals surface area contributed by atoms with E-state index in [4.69, 9.17) is 16.3 Å². The summed E-state index contributed by atoms with van der Waals surface area (Å²) >= 11 is 6.42. The zero-order valence-corrected chi connectivity index (χ0v) is 26.2. The minimum absolute atomic E-state index is 0.0480. The van der Waals surface area contributed by atoms with Gasteiger partial charge in [0, 0.05) is 61.2 Å². The Hall–Kier alpha value is -3.80. The number of amides is 1. The number of nitrogens with zero attached hydrogens (tertiary/aromatic N) is 5. The van der Waals surface area contributed by atoms with Crippen molar-refractivity contribution < 1.29 is 31.9 Å². The highest BCUT2D eigenvalue weighted by Gasteiger charge is 2.43. The number of ether oxygens (including phenoxy) is 1. The summed E-state index contributed by atoms with van der Waals surface area (Å²) in [7, 11) is 0. The summed E-state index contributed by atoms with van der Waals surface area (Å²) in [4.78, 5) is 30.3. The summed E-state index contributed by atoms with van der Waals surface area (Å²) in [6, 6.07) is 12.8. The number of benzene rings is 2. The van der Waals surface area contributed by atoms with Gasteiger partial charge >= 0.3 is 12.1 Å². The van der Waals surface area contributed by atoms with E-state index in [0.29, 0.717) is 50.6 Å². The van der Waals surface area contributed by atoms with E-state index in [1.54, 1.807) is 11.0 Å². The first-order valence-corrected chi connectivity index (χ1v) is 15.4. The van der Waals surface area contributed by atoms with Crippen LogP contribution in [0.5, 0.6) is 0 Å². The molecule has 1 unspecified atom stereocenters. The highest BCUT2D eigenvalue weighted by molar-refractivity contribution is 6.31. The van der Waals surface area contributed by atoms with Crippen LogP contribution in [0.25, 0.3) is 11.1 Å². The monoisotopic (exact) mass is 649 g/mol. The van der Waals surface area contributed by atoms with Crippen LogP contribution in [-0.4, -0.2) is 78.1 Å². The normalized spacial score (nSPS) is 17.9. The lowest BCUT2D eigenvalue weighted by molar-refractivity contribution is -0.145. The molecule has 0 saturated carbocycles. The van der Waals surface area contributed by atoms with Gasteiger partial charge in [-0.15, -0.1) is 0 Å². The molecule has 1 atom stereocenters. The van der Waals surface area contributed by atoms with Crippen LogP contribution in [0.4, 0.5) is 28.9 Å². The first-order chi connectivity index (χ1) is 21.3. The summed E-state index contributed by atoms with van der Waals surface area (Å²) in [5.74, 6) is -1.56. The third-order valence-electron chi connectivity index (χ3n) is 8.22. The van der Waals surface area contributed by atoms with E-state index in [1.807, 2.05) is 41.3 Å². The van der Waals surface area contributed by atoms with Crippen molar-refractivity contribution in [2.45, 2.75) is 51.5 Å². The molecule has 5 rings (SSSR count). The molecule has 0 N–H and O–H groups in total. The molecular formula is C32H36ClF4N5O3. The number of hydrogen-bond donors (Lipinski definition) is 0. The van der Waals surface area contributed by atoms with Gasteiger partial charge in [-0.2, -0.15) is 18.3 Å². The Morgan fingerprint density at radius 1 is 0.978 bits per heavy atom. The van der Waals surface area contributed by atoms with Crippen LogP contribution < -0.4 is 9.80 Å². The number of esters is 1. The Balaban J connectivity index is 1.36. The molecule has 0 spiro atoms. The number of anilines is 2. The molecule has 2 aliphatic heterocycles. The van der Waals surface area contributed by atoms with Crippen LogP contribution in [0, 0.1) is 0 Å². The van der Waals surface area contributed by atoms with E-state index < -0.39 is 41.0 Å². The lowest BCUT2D eigenvalue weighted by Gasteiger charge is -2.38. The Morgan fingerprint density at radius 2 is 1.67 bits per heavy atom. The average molecular weight is 650 g/mol. The van der Waals surface area contributed by atoms with Crippen molar-refractivity contribution in [1.82, 2.24) is 14.7 Å². The number of carbonyl (C=O) groups excluding carboxylic acids is 2. The van der Waals surface area contributed by atoms with E-state index in [2.05, 4.69) is 10.00 Å². The molecular weight excluding hydrogens is 614 g/mol. The van der Waals surface area contributed by atoms with Crippen LogP contribution in [0.2, 0.25) is 5.02 Å². The van der Waals surface area contributed by atoms with Crippen LogP contribution in [0.3, 0.4) is 0 Å². The highest BCUT2D eigenvalue weighted by Crippen LogP contribution is 2.40. The largest absolute Gasteiger partial charge is 0.462 e. The van der Waals surface area contributed by atoms with Crippen molar-refractivity contribution in [1.29, 1.82) is 0 Å². The third kappa shape index (κ3) is 7.05. The Bertz CT molecular complexity index is 1530. The zero-order valence-electron chi connectivity index (χ0n) is 25.4. The number of hydrogen-bond acceptors (Lipinski definition) is 6. The summed E-state index contributed by atoms with van der Waals surface area (Å²) < 4.78 is 62.5. The predicted molar refractivity (Wildman–Crippen MR) is 165 cm³/mol. The van der Waals surface area contributed by atoms with Gasteiger partial charge in [0.15, 0.2) is 11.4 Å². The minimum Gasteiger partial charge on any atom is -0.462 e. The molecule has 8 nitrogen and oxygen atoms in total. The summed E-state index contributed by atoms with van der Waals surface area (Å²) in [6.45, 7) is 6.88. The van der Waals surface area contributed by atoms with Gasteiger partial charge in [0.1, 0.15) is 5.56 Å².